The number of benzene rings is 1. The van der Waals surface area contributed by atoms with Crippen LogP contribution < -0.4 is 5.73 Å². The molecule has 1 heterocycles. The van der Waals surface area contributed by atoms with E-state index in [0.29, 0.717) is 0 Å². The van der Waals surface area contributed by atoms with E-state index in [4.69, 9.17) is 10.7 Å². The fourth-order valence-electron chi connectivity index (χ4n) is 3.04. The lowest BCUT2D eigenvalue weighted by Gasteiger charge is -2.20. The van der Waals surface area contributed by atoms with Crippen molar-refractivity contribution < 1.29 is 0 Å². The number of aromatic nitrogens is 1. The maximum atomic E-state index is 5.73. The molecule has 3 heteroatoms. The number of thiazole rings is 1. The highest BCUT2D eigenvalue weighted by atomic mass is 32.1. The standard InChI is InChI=1S/C17H22N2S/c1-2-3-12-6-9-15-16(10-12)20-17(19-15)11-13-4-7-14(18)8-5-13/h4-5,7-8,12H,2-3,6,9-11,18H2,1H3. The molecule has 0 amide bonds. The van der Waals surface area contributed by atoms with Crippen molar-refractivity contribution in [1.82, 2.24) is 4.98 Å². The van der Waals surface area contributed by atoms with E-state index in [9.17, 15) is 0 Å². The Morgan fingerprint density at radius 1 is 1.30 bits per heavy atom. The molecule has 106 valence electrons. The van der Waals surface area contributed by atoms with Gasteiger partial charge in [0.05, 0.1) is 10.7 Å². The minimum Gasteiger partial charge on any atom is -0.399 e. The average molecular weight is 286 g/mol. The van der Waals surface area contributed by atoms with Crippen molar-refractivity contribution in [2.75, 3.05) is 5.73 Å². The number of nitrogens with zero attached hydrogens (tertiary/aromatic N) is 1. The number of fused-ring (bicyclic) bond motifs is 1. The molecule has 2 aromatic rings. The first kappa shape index (κ1) is 13.6. The maximum Gasteiger partial charge on any atom is 0.0974 e. The van der Waals surface area contributed by atoms with Crippen LogP contribution in [0.3, 0.4) is 0 Å². The van der Waals surface area contributed by atoms with E-state index in [0.717, 1.165) is 18.0 Å². The highest BCUT2D eigenvalue weighted by molar-refractivity contribution is 7.11. The number of rotatable bonds is 4. The molecule has 2 N–H and O–H groups in total. The molecule has 0 saturated carbocycles. The summed E-state index contributed by atoms with van der Waals surface area (Å²) in [6.07, 6.45) is 7.37. The molecule has 1 aromatic carbocycles. The Bertz CT molecular complexity index is 571. The summed E-state index contributed by atoms with van der Waals surface area (Å²) in [6, 6.07) is 8.16. The van der Waals surface area contributed by atoms with Gasteiger partial charge in [0.25, 0.3) is 0 Å². The van der Waals surface area contributed by atoms with Crippen LogP contribution in [-0.4, -0.2) is 4.98 Å². The van der Waals surface area contributed by atoms with Gasteiger partial charge in [0.2, 0.25) is 0 Å². The van der Waals surface area contributed by atoms with Crippen LogP contribution in [0.2, 0.25) is 0 Å². The van der Waals surface area contributed by atoms with Gasteiger partial charge in [-0.25, -0.2) is 4.98 Å². The smallest absolute Gasteiger partial charge is 0.0974 e. The minimum atomic E-state index is 0.828. The van der Waals surface area contributed by atoms with Gasteiger partial charge < -0.3 is 5.73 Å². The third kappa shape index (κ3) is 3.04. The van der Waals surface area contributed by atoms with Crippen LogP contribution in [0.5, 0.6) is 0 Å². The zero-order valence-electron chi connectivity index (χ0n) is 12.1. The number of aryl methyl sites for hydroxylation is 1. The van der Waals surface area contributed by atoms with E-state index >= 15 is 0 Å². The van der Waals surface area contributed by atoms with Gasteiger partial charge in [-0.2, -0.15) is 0 Å². The average Bonchev–Trinajstić information content (AvgIpc) is 2.83. The largest absolute Gasteiger partial charge is 0.399 e. The number of hydrogen-bond acceptors (Lipinski definition) is 3. The number of hydrogen-bond donors (Lipinski definition) is 1. The lowest BCUT2D eigenvalue weighted by molar-refractivity contribution is 0.423. The van der Waals surface area contributed by atoms with Gasteiger partial charge in [0.15, 0.2) is 0 Å². The lowest BCUT2D eigenvalue weighted by Crippen LogP contribution is -2.12. The Hall–Kier alpha value is -1.35. The summed E-state index contributed by atoms with van der Waals surface area (Å²) in [5.74, 6) is 0.886. The molecule has 1 unspecified atom stereocenters. The van der Waals surface area contributed by atoms with Gasteiger partial charge in [-0.1, -0.05) is 31.9 Å². The Balaban J connectivity index is 1.72. The van der Waals surface area contributed by atoms with E-state index in [2.05, 4.69) is 19.1 Å². The summed E-state index contributed by atoms with van der Waals surface area (Å²) >= 11 is 1.92. The highest BCUT2D eigenvalue weighted by Gasteiger charge is 2.21. The Kier molecular flexibility index (Phi) is 4.06. The summed E-state index contributed by atoms with van der Waals surface area (Å²) in [7, 11) is 0. The Morgan fingerprint density at radius 2 is 2.10 bits per heavy atom. The predicted molar refractivity (Wildman–Crippen MR) is 86.2 cm³/mol. The summed E-state index contributed by atoms with van der Waals surface area (Å²) in [5, 5.41) is 1.26. The fraction of sp³-hybridized carbons (Fsp3) is 0.471. The van der Waals surface area contributed by atoms with Crippen LogP contribution in [0.25, 0.3) is 0 Å². The van der Waals surface area contributed by atoms with E-state index in [-0.39, 0.29) is 0 Å². The normalized spacial score (nSPS) is 17.9. The quantitative estimate of drug-likeness (QED) is 0.855. The molecule has 1 aliphatic rings. The van der Waals surface area contributed by atoms with Gasteiger partial charge >= 0.3 is 0 Å². The summed E-state index contributed by atoms with van der Waals surface area (Å²) in [4.78, 5) is 6.39. The molecule has 0 radical (unpaired) electrons. The van der Waals surface area contributed by atoms with Crippen molar-refractivity contribution in [3.05, 3.63) is 45.4 Å². The van der Waals surface area contributed by atoms with Crippen molar-refractivity contribution in [2.45, 2.75) is 45.4 Å². The van der Waals surface area contributed by atoms with Crippen LogP contribution in [0, 0.1) is 5.92 Å². The Morgan fingerprint density at radius 3 is 2.85 bits per heavy atom. The maximum absolute atomic E-state index is 5.73. The van der Waals surface area contributed by atoms with Gasteiger partial charge in [0.1, 0.15) is 0 Å². The van der Waals surface area contributed by atoms with Crippen molar-refractivity contribution in [3.8, 4) is 0 Å². The summed E-state index contributed by atoms with van der Waals surface area (Å²) in [5.41, 5.74) is 9.23. The fourth-order valence-corrected chi connectivity index (χ4v) is 4.30. The molecular weight excluding hydrogens is 264 g/mol. The zero-order valence-corrected chi connectivity index (χ0v) is 12.9. The summed E-state index contributed by atoms with van der Waals surface area (Å²) < 4.78 is 0. The lowest BCUT2D eigenvalue weighted by atomic mass is 9.88. The third-order valence-corrected chi connectivity index (χ3v) is 5.24. The molecule has 0 saturated heterocycles. The molecule has 2 nitrogen and oxygen atoms in total. The summed E-state index contributed by atoms with van der Waals surface area (Å²) in [6.45, 7) is 2.29. The van der Waals surface area contributed by atoms with E-state index in [1.807, 2.05) is 23.5 Å². The molecule has 0 spiro atoms. The van der Waals surface area contributed by atoms with Crippen molar-refractivity contribution in [1.29, 1.82) is 0 Å². The second kappa shape index (κ2) is 5.96. The molecule has 0 fully saturated rings. The molecule has 0 aliphatic heterocycles. The predicted octanol–water partition coefficient (Wildman–Crippen LogP) is 4.22. The number of anilines is 1. The first-order chi connectivity index (χ1) is 9.74. The van der Waals surface area contributed by atoms with E-state index in [1.54, 1.807) is 4.88 Å². The number of nitrogen functional groups attached to an aromatic ring is 1. The van der Waals surface area contributed by atoms with Crippen LogP contribution in [-0.2, 0) is 19.3 Å². The molecule has 20 heavy (non-hydrogen) atoms. The first-order valence-corrected chi connectivity index (χ1v) is 8.38. The van der Waals surface area contributed by atoms with E-state index < -0.39 is 0 Å². The molecular formula is C17H22N2S. The van der Waals surface area contributed by atoms with Crippen molar-refractivity contribution in [2.24, 2.45) is 5.92 Å². The molecule has 0 bridgehead atoms. The van der Waals surface area contributed by atoms with E-state index in [1.165, 1.54) is 48.4 Å². The van der Waals surface area contributed by atoms with Gasteiger partial charge in [-0.05, 0) is 42.9 Å². The molecule has 1 aliphatic carbocycles. The van der Waals surface area contributed by atoms with Gasteiger partial charge in [-0.3, -0.25) is 0 Å². The topological polar surface area (TPSA) is 38.9 Å². The van der Waals surface area contributed by atoms with Crippen LogP contribution >= 0.6 is 11.3 Å². The second-order valence-electron chi connectivity index (χ2n) is 5.79. The minimum absolute atomic E-state index is 0.828. The third-order valence-electron chi connectivity index (χ3n) is 4.12. The van der Waals surface area contributed by atoms with Crippen LogP contribution in [0.1, 0.15) is 47.3 Å². The monoisotopic (exact) mass is 286 g/mol. The SMILES string of the molecule is CCCC1CCc2nc(Cc3ccc(N)cc3)sc2C1. The highest BCUT2D eigenvalue weighted by Crippen LogP contribution is 2.32. The molecule has 1 aromatic heterocycles. The zero-order chi connectivity index (χ0) is 13.9. The number of nitrogens with two attached hydrogens (primary N) is 1. The molecule has 1 atom stereocenters. The Labute approximate surface area is 125 Å². The van der Waals surface area contributed by atoms with Crippen molar-refractivity contribution in [3.63, 3.8) is 0 Å². The molecule has 3 rings (SSSR count). The van der Waals surface area contributed by atoms with Crippen molar-refractivity contribution >= 4 is 17.0 Å². The van der Waals surface area contributed by atoms with Gasteiger partial charge in [0, 0.05) is 17.0 Å². The first-order valence-electron chi connectivity index (χ1n) is 7.56. The van der Waals surface area contributed by atoms with Crippen LogP contribution in [0.15, 0.2) is 24.3 Å². The van der Waals surface area contributed by atoms with Crippen LogP contribution in [0.4, 0.5) is 5.69 Å². The van der Waals surface area contributed by atoms with Gasteiger partial charge in [-0.15, -0.1) is 11.3 Å². The second-order valence-corrected chi connectivity index (χ2v) is 6.96.